The first-order chi connectivity index (χ1) is 7.10. The lowest BCUT2D eigenvalue weighted by atomic mass is 9.95. The number of thiol groups is 1. The summed E-state index contributed by atoms with van der Waals surface area (Å²) in [5.41, 5.74) is 5.84. The van der Waals surface area contributed by atoms with Crippen molar-refractivity contribution >= 4 is 30.1 Å². The summed E-state index contributed by atoms with van der Waals surface area (Å²) < 4.78 is 0. The average molecular weight is 228 g/mol. The molecule has 1 saturated heterocycles. The van der Waals surface area contributed by atoms with Crippen LogP contribution in [0.3, 0.4) is 0 Å². The fourth-order valence-electron chi connectivity index (χ4n) is 1.41. The highest BCUT2D eigenvalue weighted by Crippen LogP contribution is 2.21. The standard InChI is InChI=1S/C8H12N4O2S/c1-2-5(10-4-15)8(3-9)6(13)11-7(14)12-8/h2,4H,3,9H2,1H3,(H,10,15)(H2,11,12,13,14)/b5-2-. The largest absolute Gasteiger partial charge is 0.327 e. The van der Waals surface area contributed by atoms with E-state index in [1.807, 2.05) is 0 Å². The SMILES string of the molecule is C/C=C(\N=C/S)C1(CN)NC(=O)NC1=O. The minimum Gasteiger partial charge on any atom is -0.327 e. The van der Waals surface area contributed by atoms with Crippen molar-refractivity contribution in [2.45, 2.75) is 12.5 Å². The van der Waals surface area contributed by atoms with Crippen molar-refractivity contribution < 1.29 is 9.59 Å². The van der Waals surface area contributed by atoms with Crippen LogP contribution in [0.5, 0.6) is 0 Å². The van der Waals surface area contributed by atoms with Gasteiger partial charge in [0, 0.05) is 6.54 Å². The highest BCUT2D eigenvalue weighted by atomic mass is 32.1. The molecular formula is C8H12N4O2S. The van der Waals surface area contributed by atoms with Gasteiger partial charge in [0.05, 0.1) is 11.2 Å². The molecule has 0 aromatic carbocycles. The van der Waals surface area contributed by atoms with Crippen molar-refractivity contribution in [3.05, 3.63) is 11.8 Å². The zero-order chi connectivity index (χ0) is 11.5. The molecule has 4 N–H and O–H groups in total. The summed E-state index contributed by atoms with van der Waals surface area (Å²) in [5.74, 6) is -0.498. The maximum absolute atomic E-state index is 11.6. The van der Waals surface area contributed by atoms with Crippen LogP contribution in [0.15, 0.2) is 16.8 Å². The van der Waals surface area contributed by atoms with Gasteiger partial charge in [-0.3, -0.25) is 15.1 Å². The number of hydrogen-bond acceptors (Lipinski definition) is 4. The Morgan fingerprint density at radius 2 is 2.33 bits per heavy atom. The zero-order valence-electron chi connectivity index (χ0n) is 8.15. The number of imide groups is 1. The van der Waals surface area contributed by atoms with Crippen molar-refractivity contribution in [1.82, 2.24) is 10.6 Å². The lowest BCUT2D eigenvalue weighted by Gasteiger charge is -2.24. The molecule has 1 fully saturated rings. The number of carbonyl (C=O) groups excluding carboxylic acids is 2. The molecule has 3 amide bonds. The molecule has 1 unspecified atom stereocenters. The van der Waals surface area contributed by atoms with Crippen LogP contribution in [0.25, 0.3) is 0 Å². The maximum atomic E-state index is 11.6. The van der Waals surface area contributed by atoms with Gasteiger partial charge in [-0.15, -0.1) is 12.6 Å². The van der Waals surface area contributed by atoms with Crippen LogP contribution in [0.1, 0.15) is 6.92 Å². The Hall–Kier alpha value is -1.34. The van der Waals surface area contributed by atoms with Crippen molar-refractivity contribution in [2.24, 2.45) is 10.7 Å². The summed E-state index contributed by atoms with van der Waals surface area (Å²) in [6, 6.07) is -0.570. The number of aliphatic imine (C=N–C) groups is 1. The zero-order valence-corrected chi connectivity index (χ0v) is 9.04. The van der Waals surface area contributed by atoms with Crippen LogP contribution < -0.4 is 16.4 Å². The van der Waals surface area contributed by atoms with Gasteiger partial charge in [0.2, 0.25) is 0 Å². The van der Waals surface area contributed by atoms with Crippen LogP contribution in [0, 0.1) is 0 Å². The van der Waals surface area contributed by atoms with E-state index in [2.05, 4.69) is 28.3 Å². The highest BCUT2D eigenvalue weighted by molar-refractivity contribution is 7.94. The topological polar surface area (TPSA) is 96.6 Å². The fraction of sp³-hybridized carbons (Fsp3) is 0.375. The first kappa shape index (κ1) is 11.7. The van der Waals surface area contributed by atoms with Crippen LogP contribution in [0.4, 0.5) is 4.79 Å². The molecule has 82 valence electrons. The first-order valence-electron chi connectivity index (χ1n) is 4.28. The molecular weight excluding hydrogens is 216 g/mol. The lowest BCUT2D eigenvalue weighted by molar-refractivity contribution is -0.122. The Morgan fingerprint density at radius 3 is 2.67 bits per heavy atom. The minimum absolute atomic E-state index is 0.0602. The lowest BCUT2D eigenvalue weighted by Crippen LogP contribution is -2.54. The summed E-state index contributed by atoms with van der Waals surface area (Å²) in [6.07, 6.45) is 1.60. The quantitative estimate of drug-likeness (QED) is 0.224. The van der Waals surface area contributed by atoms with Gasteiger partial charge in [-0.2, -0.15) is 0 Å². The molecule has 7 heteroatoms. The van der Waals surface area contributed by atoms with Gasteiger partial charge in [0.1, 0.15) is 0 Å². The van der Waals surface area contributed by atoms with Crippen molar-refractivity contribution in [3.8, 4) is 0 Å². The number of nitrogens with zero attached hydrogens (tertiary/aromatic N) is 1. The summed E-state index contributed by atoms with van der Waals surface area (Å²) in [6.45, 7) is 1.64. The third kappa shape index (κ3) is 1.88. The van der Waals surface area contributed by atoms with Crippen molar-refractivity contribution in [2.75, 3.05) is 6.54 Å². The van der Waals surface area contributed by atoms with Gasteiger partial charge >= 0.3 is 6.03 Å². The van der Waals surface area contributed by atoms with Gasteiger partial charge in [0.25, 0.3) is 5.91 Å². The summed E-state index contributed by atoms with van der Waals surface area (Å²) >= 11 is 3.82. The van der Waals surface area contributed by atoms with E-state index in [1.165, 1.54) is 5.55 Å². The second-order valence-corrected chi connectivity index (χ2v) is 3.17. The molecule has 0 radical (unpaired) electrons. The minimum atomic E-state index is -1.27. The van der Waals surface area contributed by atoms with Crippen molar-refractivity contribution in [3.63, 3.8) is 0 Å². The van der Waals surface area contributed by atoms with Crippen LogP contribution in [0.2, 0.25) is 0 Å². The maximum Gasteiger partial charge on any atom is 0.322 e. The smallest absolute Gasteiger partial charge is 0.322 e. The van der Waals surface area contributed by atoms with Crippen LogP contribution in [-0.4, -0.2) is 29.6 Å². The fourth-order valence-corrected chi connectivity index (χ4v) is 1.54. The molecule has 1 atom stereocenters. The van der Waals surface area contributed by atoms with Gasteiger partial charge < -0.3 is 11.1 Å². The number of carbonyl (C=O) groups is 2. The molecule has 1 heterocycles. The Balaban J connectivity index is 3.15. The van der Waals surface area contributed by atoms with Crippen molar-refractivity contribution in [1.29, 1.82) is 0 Å². The van der Waals surface area contributed by atoms with E-state index < -0.39 is 17.5 Å². The molecule has 0 bridgehead atoms. The molecule has 6 nitrogen and oxygen atoms in total. The molecule has 0 spiro atoms. The molecule has 0 aliphatic carbocycles. The third-order valence-corrected chi connectivity index (χ3v) is 2.27. The van der Waals surface area contributed by atoms with E-state index in [0.29, 0.717) is 5.70 Å². The molecule has 0 aromatic heterocycles. The number of hydrogen-bond donors (Lipinski definition) is 4. The summed E-state index contributed by atoms with van der Waals surface area (Å²) in [4.78, 5) is 26.6. The van der Waals surface area contributed by atoms with E-state index in [1.54, 1.807) is 13.0 Å². The Bertz CT molecular complexity index is 353. The number of urea groups is 1. The Morgan fingerprint density at radius 1 is 1.67 bits per heavy atom. The predicted octanol–water partition coefficient (Wildman–Crippen LogP) is -0.615. The third-order valence-electron chi connectivity index (χ3n) is 2.16. The number of nitrogens with two attached hydrogens (primary N) is 1. The Kier molecular flexibility index (Phi) is 3.48. The van der Waals surface area contributed by atoms with Gasteiger partial charge in [0.15, 0.2) is 5.54 Å². The number of rotatable bonds is 3. The Labute approximate surface area is 92.4 Å². The monoisotopic (exact) mass is 228 g/mol. The molecule has 0 aromatic rings. The second kappa shape index (κ2) is 4.45. The van der Waals surface area contributed by atoms with Gasteiger partial charge in [-0.25, -0.2) is 4.79 Å². The first-order valence-corrected chi connectivity index (χ1v) is 4.79. The van der Waals surface area contributed by atoms with E-state index in [9.17, 15) is 9.59 Å². The van der Waals surface area contributed by atoms with E-state index in [0.717, 1.165) is 0 Å². The predicted molar refractivity (Wildman–Crippen MR) is 59.7 cm³/mol. The van der Waals surface area contributed by atoms with E-state index in [4.69, 9.17) is 5.73 Å². The number of nitrogens with one attached hydrogen (secondary N) is 2. The molecule has 0 saturated carbocycles. The van der Waals surface area contributed by atoms with E-state index >= 15 is 0 Å². The number of allylic oxidation sites excluding steroid dienone is 1. The second-order valence-electron chi connectivity index (χ2n) is 2.94. The van der Waals surface area contributed by atoms with Gasteiger partial charge in [-0.1, -0.05) is 6.08 Å². The van der Waals surface area contributed by atoms with Crippen LogP contribution in [-0.2, 0) is 4.79 Å². The van der Waals surface area contributed by atoms with E-state index in [-0.39, 0.29) is 6.54 Å². The molecule has 1 aliphatic rings. The molecule has 15 heavy (non-hydrogen) atoms. The average Bonchev–Trinajstić information content (AvgIpc) is 2.51. The summed E-state index contributed by atoms with van der Waals surface area (Å²) in [7, 11) is 0. The summed E-state index contributed by atoms with van der Waals surface area (Å²) in [5, 5.41) is 4.59. The normalized spacial score (nSPS) is 27.0. The highest BCUT2D eigenvalue weighted by Gasteiger charge is 2.48. The molecule has 1 rings (SSSR count). The number of amides is 3. The van der Waals surface area contributed by atoms with Gasteiger partial charge in [-0.05, 0) is 6.92 Å². The van der Waals surface area contributed by atoms with Crippen LogP contribution >= 0.6 is 12.6 Å². The molecule has 1 aliphatic heterocycles.